The van der Waals surface area contributed by atoms with Gasteiger partial charge in [0.2, 0.25) is 5.95 Å². The summed E-state index contributed by atoms with van der Waals surface area (Å²) in [5, 5.41) is 10.5. The molecule has 0 bridgehead atoms. The number of methoxy groups -OCH3 is 1. The molecule has 35 heavy (non-hydrogen) atoms. The van der Waals surface area contributed by atoms with Crippen molar-refractivity contribution in [3.05, 3.63) is 30.3 Å². The number of pyridine rings is 1. The molecule has 4 rings (SSSR count). The Morgan fingerprint density at radius 1 is 1.17 bits per heavy atom. The first-order chi connectivity index (χ1) is 16.9. The molecule has 1 saturated carbocycles. The second kappa shape index (κ2) is 12.1. The minimum atomic E-state index is -0.392. The van der Waals surface area contributed by atoms with E-state index in [9.17, 15) is 4.39 Å². The minimum Gasteiger partial charge on any atom is -0.383 e. The van der Waals surface area contributed by atoms with Crippen molar-refractivity contribution in [2.45, 2.75) is 70.5 Å². The largest absolute Gasteiger partial charge is 0.383 e. The summed E-state index contributed by atoms with van der Waals surface area (Å²) in [7, 11) is 1.73. The van der Waals surface area contributed by atoms with E-state index in [0.717, 1.165) is 64.9 Å². The normalized spacial score (nSPS) is 23.0. The van der Waals surface area contributed by atoms with E-state index < -0.39 is 5.82 Å². The number of hydrogen-bond acceptors (Lipinski definition) is 8. The Morgan fingerprint density at radius 2 is 1.91 bits per heavy atom. The summed E-state index contributed by atoms with van der Waals surface area (Å²) in [5.41, 5.74) is 1.11. The highest BCUT2D eigenvalue weighted by molar-refractivity contribution is 5.64. The predicted octanol–water partition coefficient (Wildman–Crippen LogP) is 4.25. The summed E-state index contributed by atoms with van der Waals surface area (Å²) in [5.74, 6) is 0.791. The molecular weight excluding hydrogens is 447 g/mol. The van der Waals surface area contributed by atoms with Crippen LogP contribution in [-0.4, -0.2) is 66.6 Å². The molecule has 0 spiro atoms. The second-order valence-electron chi connectivity index (χ2n) is 10.3. The molecule has 0 amide bonds. The van der Waals surface area contributed by atoms with Crippen molar-refractivity contribution in [2.24, 2.45) is 5.41 Å². The van der Waals surface area contributed by atoms with Crippen molar-refractivity contribution in [3.63, 3.8) is 0 Å². The van der Waals surface area contributed by atoms with Gasteiger partial charge in [0.1, 0.15) is 5.82 Å². The Kier molecular flexibility index (Phi) is 8.86. The van der Waals surface area contributed by atoms with E-state index in [1.54, 1.807) is 25.4 Å². The van der Waals surface area contributed by atoms with Crippen LogP contribution in [0.25, 0.3) is 11.3 Å². The highest BCUT2D eigenvalue weighted by Crippen LogP contribution is 2.30. The van der Waals surface area contributed by atoms with Crippen molar-refractivity contribution in [2.75, 3.05) is 44.1 Å². The first-order valence-electron chi connectivity index (χ1n) is 12.8. The van der Waals surface area contributed by atoms with Crippen LogP contribution in [0.4, 0.5) is 16.2 Å². The number of halogens is 1. The van der Waals surface area contributed by atoms with Gasteiger partial charge in [0, 0.05) is 56.8 Å². The number of anilines is 2. The highest BCUT2D eigenvalue weighted by atomic mass is 19.1. The Labute approximate surface area is 207 Å². The van der Waals surface area contributed by atoms with E-state index in [4.69, 9.17) is 9.47 Å². The third-order valence-electron chi connectivity index (χ3n) is 7.18. The molecule has 2 aromatic heterocycles. The van der Waals surface area contributed by atoms with Crippen LogP contribution in [0.5, 0.6) is 0 Å². The van der Waals surface area contributed by atoms with Gasteiger partial charge in [-0.25, -0.2) is 19.3 Å². The summed E-state index contributed by atoms with van der Waals surface area (Å²) in [4.78, 5) is 13.2. The van der Waals surface area contributed by atoms with E-state index in [1.807, 2.05) is 0 Å². The number of rotatable bonds is 10. The van der Waals surface area contributed by atoms with Crippen LogP contribution < -0.4 is 16.0 Å². The Bertz CT molecular complexity index is 947. The molecule has 192 valence electrons. The van der Waals surface area contributed by atoms with Gasteiger partial charge in [-0.3, -0.25) is 0 Å². The lowest BCUT2D eigenvalue weighted by molar-refractivity contribution is 0.0299. The minimum absolute atomic E-state index is 0.146. The molecule has 8 nitrogen and oxygen atoms in total. The molecule has 2 aliphatic rings. The van der Waals surface area contributed by atoms with Crippen LogP contribution in [0.2, 0.25) is 0 Å². The van der Waals surface area contributed by atoms with E-state index in [-0.39, 0.29) is 5.41 Å². The SMILES string of the molecule is COCC(C)NC1CCC(Nc2cc(-c3ccnc(NCC4(C)CCOCC4)n3)c(F)cn2)CC1. The fourth-order valence-electron chi connectivity index (χ4n) is 4.96. The second-order valence-corrected chi connectivity index (χ2v) is 10.3. The lowest BCUT2D eigenvalue weighted by Crippen LogP contribution is -2.42. The van der Waals surface area contributed by atoms with Crippen LogP contribution in [-0.2, 0) is 9.47 Å². The van der Waals surface area contributed by atoms with Crippen molar-refractivity contribution in [1.29, 1.82) is 0 Å². The standard InChI is InChI=1S/C26H39FN6O2/c1-18(16-34-3)31-19-4-6-20(7-5-19)32-24-14-21(22(27)15-29-24)23-8-11-28-25(33-23)30-17-26(2)9-12-35-13-10-26/h8,11,14-15,18-20,31H,4-7,9-10,12-13,16-17H2,1-3H3,(H,29,32)(H,28,30,33). The third-order valence-corrected chi connectivity index (χ3v) is 7.18. The van der Waals surface area contributed by atoms with Crippen LogP contribution >= 0.6 is 0 Å². The smallest absolute Gasteiger partial charge is 0.223 e. The summed E-state index contributed by atoms with van der Waals surface area (Å²) in [6.45, 7) is 7.43. The highest BCUT2D eigenvalue weighted by Gasteiger charge is 2.27. The van der Waals surface area contributed by atoms with Gasteiger partial charge in [-0.1, -0.05) is 6.92 Å². The fraction of sp³-hybridized carbons (Fsp3) is 0.654. The van der Waals surface area contributed by atoms with Gasteiger partial charge >= 0.3 is 0 Å². The molecule has 1 aliphatic carbocycles. The lowest BCUT2D eigenvalue weighted by atomic mass is 9.82. The number of nitrogens with one attached hydrogen (secondary N) is 3. The van der Waals surface area contributed by atoms with Gasteiger partial charge in [-0.2, -0.15) is 0 Å². The van der Waals surface area contributed by atoms with E-state index in [0.29, 0.717) is 41.1 Å². The molecule has 1 aliphatic heterocycles. The van der Waals surface area contributed by atoms with E-state index >= 15 is 0 Å². The quantitative estimate of drug-likeness (QED) is 0.459. The number of ether oxygens (including phenoxy) is 2. The Hall–Kier alpha value is -2.36. The molecule has 0 radical (unpaired) electrons. The monoisotopic (exact) mass is 486 g/mol. The first-order valence-corrected chi connectivity index (χ1v) is 12.8. The predicted molar refractivity (Wildman–Crippen MR) is 136 cm³/mol. The van der Waals surface area contributed by atoms with Gasteiger partial charge in [0.15, 0.2) is 5.82 Å². The Morgan fingerprint density at radius 3 is 2.66 bits per heavy atom. The maximum atomic E-state index is 14.7. The molecule has 9 heteroatoms. The first kappa shape index (κ1) is 25.7. The van der Waals surface area contributed by atoms with Crippen molar-refractivity contribution in [3.8, 4) is 11.3 Å². The van der Waals surface area contributed by atoms with Crippen molar-refractivity contribution in [1.82, 2.24) is 20.3 Å². The summed E-state index contributed by atoms with van der Waals surface area (Å²) < 4.78 is 25.4. The molecule has 2 fully saturated rings. The number of nitrogens with zero attached hydrogens (tertiary/aromatic N) is 3. The summed E-state index contributed by atoms with van der Waals surface area (Å²) in [6.07, 6.45) is 9.19. The molecule has 1 saturated heterocycles. The number of aromatic nitrogens is 3. The molecular formula is C26H39FN6O2. The van der Waals surface area contributed by atoms with Gasteiger partial charge in [-0.05, 0) is 63.0 Å². The van der Waals surface area contributed by atoms with Crippen LogP contribution in [0, 0.1) is 11.2 Å². The maximum Gasteiger partial charge on any atom is 0.223 e. The zero-order valence-electron chi connectivity index (χ0n) is 21.1. The van der Waals surface area contributed by atoms with Gasteiger partial charge in [0.05, 0.1) is 18.5 Å². The average molecular weight is 487 g/mol. The fourth-order valence-corrected chi connectivity index (χ4v) is 4.96. The summed E-state index contributed by atoms with van der Waals surface area (Å²) in [6, 6.07) is 4.67. The third kappa shape index (κ3) is 7.32. The molecule has 0 aromatic carbocycles. The van der Waals surface area contributed by atoms with Crippen molar-refractivity contribution >= 4 is 11.8 Å². The van der Waals surface area contributed by atoms with Crippen LogP contribution in [0.3, 0.4) is 0 Å². The molecule has 1 atom stereocenters. The van der Waals surface area contributed by atoms with Gasteiger partial charge in [-0.15, -0.1) is 0 Å². The van der Waals surface area contributed by atoms with Crippen molar-refractivity contribution < 1.29 is 13.9 Å². The zero-order chi connectivity index (χ0) is 24.7. The van der Waals surface area contributed by atoms with Gasteiger partial charge < -0.3 is 25.4 Å². The maximum absolute atomic E-state index is 14.7. The van der Waals surface area contributed by atoms with E-state index in [2.05, 4.69) is 44.7 Å². The summed E-state index contributed by atoms with van der Waals surface area (Å²) >= 11 is 0. The number of hydrogen-bond donors (Lipinski definition) is 3. The lowest BCUT2D eigenvalue weighted by Gasteiger charge is -2.33. The van der Waals surface area contributed by atoms with Crippen LogP contribution in [0.1, 0.15) is 52.4 Å². The molecule has 3 N–H and O–H groups in total. The molecule has 2 aromatic rings. The van der Waals surface area contributed by atoms with Crippen LogP contribution in [0.15, 0.2) is 24.5 Å². The Balaban J connectivity index is 1.36. The van der Waals surface area contributed by atoms with E-state index in [1.165, 1.54) is 6.20 Å². The zero-order valence-corrected chi connectivity index (χ0v) is 21.1. The topological polar surface area (TPSA) is 93.2 Å². The van der Waals surface area contributed by atoms with Gasteiger partial charge in [0.25, 0.3) is 0 Å². The molecule has 1 unspecified atom stereocenters. The average Bonchev–Trinajstić information content (AvgIpc) is 2.86. The molecule has 3 heterocycles.